The van der Waals surface area contributed by atoms with Gasteiger partial charge in [-0.05, 0) is 31.7 Å². The molecule has 0 aromatic heterocycles. The fourth-order valence-corrected chi connectivity index (χ4v) is 2.99. The number of halogens is 1. The maximum absolute atomic E-state index is 10.3. The van der Waals surface area contributed by atoms with Crippen LogP contribution in [0, 0.1) is 0 Å². The molecule has 1 aromatic rings. The fourth-order valence-electron chi connectivity index (χ4n) is 2.71. The molecule has 2 aliphatic heterocycles. The highest BCUT2D eigenvalue weighted by molar-refractivity contribution is 6.31. The van der Waals surface area contributed by atoms with Gasteiger partial charge in [0.2, 0.25) is 0 Å². The molecule has 4 nitrogen and oxygen atoms in total. The van der Waals surface area contributed by atoms with Gasteiger partial charge in [-0.25, -0.2) is 0 Å². The van der Waals surface area contributed by atoms with Gasteiger partial charge in [-0.3, -0.25) is 0 Å². The van der Waals surface area contributed by atoms with Crippen LogP contribution in [0.3, 0.4) is 0 Å². The van der Waals surface area contributed by atoms with E-state index in [9.17, 15) is 5.11 Å². The Labute approximate surface area is 123 Å². The van der Waals surface area contributed by atoms with E-state index in [1.807, 2.05) is 0 Å². The molecule has 0 radical (unpaired) electrons. The van der Waals surface area contributed by atoms with Crippen LogP contribution < -0.4 is 9.47 Å². The minimum absolute atomic E-state index is 0.278. The Kier molecular flexibility index (Phi) is 4.34. The quantitative estimate of drug-likeness (QED) is 0.928. The van der Waals surface area contributed by atoms with E-state index in [1.165, 1.54) is 0 Å². The second kappa shape index (κ2) is 6.20. The number of aliphatic hydroxyl groups excluding tert-OH is 1. The summed E-state index contributed by atoms with van der Waals surface area (Å²) >= 11 is 6.22. The third-order valence-corrected chi connectivity index (χ3v) is 4.13. The molecule has 2 aliphatic rings. The zero-order chi connectivity index (χ0) is 13.9. The van der Waals surface area contributed by atoms with Crippen molar-refractivity contribution in [1.29, 1.82) is 0 Å². The lowest BCUT2D eigenvalue weighted by molar-refractivity contribution is 0.0810. The first-order valence-electron chi connectivity index (χ1n) is 7.13. The first kappa shape index (κ1) is 14.0. The highest BCUT2D eigenvalue weighted by Crippen LogP contribution is 2.39. The van der Waals surface area contributed by atoms with Crippen LogP contribution in [-0.4, -0.2) is 31.0 Å². The largest absolute Gasteiger partial charge is 0.486 e. The molecule has 1 aromatic carbocycles. The van der Waals surface area contributed by atoms with Crippen LogP contribution in [0.1, 0.15) is 37.4 Å². The molecule has 3 rings (SSSR count). The Morgan fingerprint density at radius 1 is 1.20 bits per heavy atom. The lowest BCUT2D eigenvalue weighted by atomic mass is 10.0. The van der Waals surface area contributed by atoms with Gasteiger partial charge in [0.25, 0.3) is 0 Å². The number of aliphatic hydroxyl groups is 1. The average molecular weight is 299 g/mol. The van der Waals surface area contributed by atoms with Gasteiger partial charge in [0, 0.05) is 18.2 Å². The predicted octanol–water partition coefficient (Wildman–Crippen LogP) is 3.10. The van der Waals surface area contributed by atoms with Crippen LogP contribution in [-0.2, 0) is 4.74 Å². The Hall–Kier alpha value is -0.970. The molecule has 0 amide bonds. The molecule has 110 valence electrons. The summed E-state index contributed by atoms with van der Waals surface area (Å²) in [6, 6.07) is 3.51. The van der Waals surface area contributed by atoms with Gasteiger partial charge in [0.15, 0.2) is 11.5 Å². The summed E-state index contributed by atoms with van der Waals surface area (Å²) in [6.07, 6.45) is 3.38. The van der Waals surface area contributed by atoms with Crippen LogP contribution in [0.4, 0.5) is 0 Å². The zero-order valence-corrected chi connectivity index (χ0v) is 12.1. The summed E-state index contributed by atoms with van der Waals surface area (Å²) in [6.45, 7) is 1.90. The molecule has 0 saturated carbocycles. The van der Waals surface area contributed by atoms with Crippen molar-refractivity contribution in [2.75, 3.05) is 19.8 Å². The van der Waals surface area contributed by atoms with Gasteiger partial charge < -0.3 is 19.3 Å². The normalized spacial score (nSPS) is 22.8. The van der Waals surface area contributed by atoms with Gasteiger partial charge in [0.05, 0.1) is 17.2 Å². The van der Waals surface area contributed by atoms with Crippen LogP contribution in [0.25, 0.3) is 0 Å². The Bertz CT molecular complexity index is 471. The van der Waals surface area contributed by atoms with E-state index in [4.69, 9.17) is 25.8 Å². The predicted molar refractivity (Wildman–Crippen MR) is 75.6 cm³/mol. The van der Waals surface area contributed by atoms with E-state index in [0.717, 1.165) is 25.9 Å². The molecule has 0 aliphatic carbocycles. The third-order valence-electron chi connectivity index (χ3n) is 3.81. The van der Waals surface area contributed by atoms with Crippen LogP contribution in [0.15, 0.2) is 12.1 Å². The lowest BCUT2D eigenvalue weighted by Crippen LogP contribution is -2.16. The molecule has 2 atom stereocenters. The summed E-state index contributed by atoms with van der Waals surface area (Å²) in [5.41, 5.74) is 0.703. The molecule has 2 heterocycles. The molecule has 2 unspecified atom stereocenters. The molecular formula is C15H19ClO4. The monoisotopic (exact) mass is 298 g/mol. The van der Waals surface area contributed by atoms with Crippen molar-refractivity contribution < 1.29 is 19.3 Å². The van der Waals surface area contributed by atoms with E-state index < -0.39 is 6.10 Å². The smallest absolute Gasteiger partial charge is 0.162 e. The summed E-state index contributed by atoms with van der Waals surface area (Å²) in [5.74, 6) is 1.31. The first-order valence-corrected chi connectivity index (χ1v) is 7.50. The summed E-state index contributed by atoms with van der Waals surface area (Å²) in [5, 5.41) is 10.8. The average Bonchev–Trinajstić information content (AvgIpc) is 2.97. The third kappa shape index (κ3) is 3.03. The van der Waals surface area contributed by atoms with E-state index in [2.05, 4.69) is 0 Å². The summed E-state index contributed by atoms with van der Waals surface area (Å²) in [4.78, 5) is 0. The lowest BCUT2D eigenvalue weighted by Gasteiger charge is -2.21. The standard InChI is InChI=1S/C15H19ClO4/c16-12-9-15-14(19-6-7-20-15)8-11(12)13(17)4-3-10-2-1-5-18-10/h8-10,13,17H,1-7H2. The van der Waals surface area contributed by atoms with Crippen LogP contribution >= 0.6 is 11.6 Å². The van der Waals surface area contributed by atoms with Gasteiger partial charge >= 0.3 is 0 Å². The number of hydrogen-bond acceptors (Lipinski definition) is 4. The molecule has 20 heavy (non-hydrogen) atoms. The molecular weight excluding hydrogens is 280 g/mol. The topological polar surface area (TPSA) is 47.9 Å². The molecule has 0 spiro atoms. The number of fused-ring (bicyclic) bond motifs is 1. The SMILES string of the molecule is OC(CCC1CCCO1)c1cc2c(cc1Cl)OCCO2. The van der Waals surface area contributed by atoms with E-state index in [1.54, 1.807) is 12.1 Å². The van der Waals surface area contributed by atoms with E-state index in [0.29, 0.717) is 41.7 Å². The van der Waals surface area contributed by atoms with Crippen LogP contribution in [0.5, 0.6) is 11.5 Å². The zero-order valence-electron chi connectivity index (χ0n) is 11.3. The number of benzene rings is 1. The van der Waals surface area contributed by atoms with Crippen molar-refractivity contribution in [2.24, 2.45) is 0 Å². The van der Waals surface area contributed by atoms with Crippen molar-refractivity contribution in [3.05, 3.63) is 22.7 Å². The molecule has 0 bridgehead atoms. The van der Waals surface area contributed by atoms with Crippen molar-refractivity contribution in [3.63, 3.8) is 0 Å². The second-order valence-electron chi connectivity index (χ2n) is 5.25. The van der Waals surface area contributed by atoms with E-state index >= 15 is 0 Å². The molecule has 1 fully saturated rings. The Balaban J connectivity index is 1.68. The van der Waals surface area contributed by atoms with Crippen LogP contribution in [0.2, 0.25) is 5.02 Å². The van der Waals surface area contributed by atoms with Crippen molar-refractivity contribution in [3.8, 4) is 11.5 Å². The highest BCUT2D eigenvalue weighted by Gasteiger charge is 2.21. The number of hydrogen-bond donors (Lipinski definition) is 1. The summed E-state index contributed by atoms with van der Waals surface area (Å²) in [7, 11) is 0. The van der Waals surface area contributed by atoms with Gasteiger partial charge in [-0.2, -0.15) is 0 Å². The molecule has 5 heteroatoms. The van der Waals surface area contributed by atoms with Crippen molar-refractivity contribution >= 4 is 11.6 Å². The van der Waals surface area contributed by atoms with Gasteiger partial charge in [-0.15, -0.1) is 0 Å². The minimum atomic E-state index is -0.595. The van der Waals surface area contributed by atoms with Gasteiger partial charge in [0.1, 0.15) is 13.2 Å². The molecule has 1 N–H and O–H groups in total. The first-order chi connectivity index (χ1) is 9.74. The van der Waals surface area contributed by atoms with Crippen molar-refractivity contribution in [2.45, 2.75) is 37.9 Å². The molecule has 1 saturated heterocycles. The number of rotatable bonds is 4. The van der Waals surface area contributed by atoms with Crippen molar-refractivity contribution in [1.82, 2.24) is 0 Å². The highest BCUT2D eigenvalue weighted by atomic mass is 35.5. The fraction of sp³-hybridized carbons (Fsp3) is 0.600. The van der Waals surface area contributed by atoms with E-state index in [-0.39, 0.29) is 6.10 Å². The summed E-state index contributed by atoms with van der Waals surface area (Å²) < 4.78 is 16.6. The Morgan fingerprint density at radius 2 is 1.95 bits per heavy atom. The second-order valence-corrected chi connectivity index (χ2v) is 5.65. The van der Waals surface area contributed by atoms with Gasteiger partial charge in [-0.1, -0.05) is 11.6 Å². The maximum Gasteiger partial charge on any atom is 0.162 e. The number of ether oxygens (including phenoxy) is 3. The minimum Gasteiger partial charge on any atom is -0.486 e. The Morgan fingerprint density at radius 3 is 2.65 bits per heavy atom. The maximum atomic E-state index is 10.3.